The van der Waals surface area contributed by atoms with Gasteiger partial charge in [-0.1, -0.05) is 13.8 Å². The number of hydrogen-bond donors (Lipinski definition) is 1. The molecule has 1 aromatic heterocycles. The second kappa shape index (κ2) is 7.81. The molecule has 0 fully saturated rings. The lowest BCUT2D eigenvalue weighted by Gasteiger charge is -2.15. The van der Waals surface area contributed by atoms with Crippen LogP contribution in [0, 0.1) is 3.57 Å². The Balaban J connectivity index is 2.85. The van der Waals surface area contributed by atoms with Crippen LogP contribution in [-0.4, -0.2) is 23.1 Å². The fourth-order valence-electron chi connectivity index (χ4n) is 1.48. The van der Waals surface area contributed by atoms with E-state index in [1.54, 1.807) is 0 Å². The van der Waals surface area contributed by atoms with E-state index in [1.807, 2.05) is 13.1 Å². The van der Waals surface area contributed by atoms with Gasteiger partial charge in [-0.25, -0.2) is 9.97 Å². The molecule has 0 radical (unpaired) electrons. The van der Waals surface area contributed by atoms with E-state index in [2.05, 4.69) is 51.7 Å². The molecule has 1 heterocycles. The maximum Gasteiger partial charge on any atom is 0.159 e. The topological polar surface area (TPSA) is 47.0 Å². The first-order valence-electron chi connectivity index (χ1n) is 6.10. The Bertz CT molecular complexity index is 347. The SMILES string of the molecule is CCCNc1nc(C(CC)OCC)ncc1I. The number of aromatic nitrogens is 2. The highest BCUT2D eigenvalue weighted by Gasteiger charge is 2.14. The summed E-state index contributed by atoms with van der Waals surface area (Å²) < 4.78 is 6.67. The molecule has 96 valence electrons. The van der Waals surface area contributed by atoms with Crippen LogP contribution in [0.1, 0.15) is 45.5 Å². The zero-order valence-corrected chi connectivity index (χ0v) is 12.8. The Morgan fingerprint density at radius 3 is 2.76 bits per heavy atom. The third kappa shape index (κ3) is 4.39. The summed E-state index contributed by atoms with van der Waals surface area (Å²) in [5, 5.41) is 3.31. The molecule has 0 bridgehead atoms. The van der Waals surface area contributed by atoms with Crippen molar-refractivity contribution in [1.29, 1.82) is 0 Å². The van der Waals surface area contributed by atoms with Crippen molar-refractivity contribution in [3.8, 4) is 0 Å². The van der Waals surface area contributed by atoms with Crippen molar-refractivity contribution in [3.63, 3.8) is 0 Å². The standard InChI is InChI=1S/C12H20IN3O/c1-4-7-14-11-9(13)8-15-12(16-11)10(5-2)17-6-3/h8,10H,4-7H2,1-3H3,(H,14,15,16). The van der Waals surface area contributed by atoms with E-state index in [1.165, 1.54) is 0 Å². The normalized spacial score (nSPS) is 12.5. The summed E-state index contributed by atoms with van der Waals surface area (Å²) in [6.45, 7) is 7.83. The Labute approximate surface area is 117 Å². The third-order valence-electron chi connectivity index (χ3n) is 2.33. The fraction of sp³-hybridized carbons (Fsp3) is 0.667. The average Bonchev–Trinajstić information content (AvgIpc) is 2.35. The molecule has 0 spiro atoms. The number of nitrogens with zero attached hydrogens (tertiary/aromatic N) is 2. The van der Waals surface area contributed by atoms with Crippen molar-refractivity contribution >= 4 is 28.4 Å². The van der Waals surface area contributed by atoms with Crippen LogP contribution in [-0.2, 0) is 4.74 Å². The van der Waals surface area contributed by atoms with Crippen molar-refractivity contribution in [2.24, 2.45) is 0 Å². The van der Waals surface area contributed by atoms with Gasteiger partial charge in [0.05, 0.1) is 3.57 Å². The summed E-state index contributed by atoms with van der Waals surface area (Å²) in [5.74, 6) is 1.68. The molecule has 4 nitrogen and oxygen atoms in total. The molecule has 1 atom stereocenters. The van der Waals surface area contributed by atoms with Crippen LogP contribution in [0.5, 0.6) is 0 Å². The van der Waals surface area contributed by atoms with E-state index < -0.39 is 0 Å². The fourth-order valence-corrected chi connectivity index (χ4v) is 1.93. The summed E-state index contributed by atoms with van der Waals surface area (Å²) in [6.07, 6.45) is 3.82. The lowest BCUT2D eigenvalue weighted by Crippen LogP contribution is -2.11. The van der Waals surface area contributed by atoms with E-state index in [-0.39, 0.29) is 6.10 Å². The average molecular weight is 349 g/mol. The highest BCUT2D eigenvalue weighted by atomic mass is 127. The largest absolute Gasteiger partial charge is 0.371 e. The monoisotopic (exact) mass is 349 g/mol. The molecule has 1 aromatic rings. The molecule has 0 aliphatic heterocycles. The summed E-state index contributed by atoms with van der Waals surface area (Å²) in [4.78, 5) is 8.90. The smallest absolute Gasteiger partial charge is 0.159 e. The second-order valence-electron chi connectivity index (χ2n) is 3.70. The minimum absolute atomic E-state index is 0.000762. The zero-order valence-electron chi connectivity index (χ0n) is 10.7. The van der Waals surface area contributed by atoms with Crippen LogP contribution in [0.15, 0.2) is 6.20 Å². The first-order chi connectivity index (χ1) is 8.22. The molecular weight excluding hydrogens is 329 g/mol. The molecule has 0 aromatic carbocycles. The first kappa shape index (κ1) is 14.6. The van der Waals surface area contributed by atoms with Crippen LogP contribution >= 0.6 is 22.6 Å². The van der Waals surface area contributed by atoms with Crippen LogP contribution in [0.3, 0.4) is 0 Å². The van der Waals surface area contributed by atoms with Crippen LogP contribution in [0.4, 0.5) is 5.82 Å². The van der Waals surface area contributed by atoms with Crippen molar-refractivity contribution in [2.75, 3.05) is 18.5 Å². The van der Waals surface area contributed by atoms with Crippen LogP contribution in [0.25, 0.3) is 0 Å². The van der Waals surface area contributed by atoms with Gasteiger partial charge in [-0.05, 0) is 42.4 Å². The van der Waals surface area contributed by atoms with E-state index in [0.29, 0.717) is 6.61 Å². The molecule has 0 amide bonds. The number of halogens is 1. The molecule has 5 heteroatoms. The molecule has 0 aliphatic carbocycles. The van der Waals surface area contributed by atoms with E-state index in [9.17, 15) is 0 Å². The predicted molar refractivity (Wildman–Crippen MR) is 78.2 cm³/mol. The minimum Gasteiger partial charge on any atom is -0.371 e. The number of anilines is 1. The van der Waals surface area contributed by atoms with Gasteiger partial charge in [0.1, 0.15) is 11.9 Å². The first-order valence-corrected chi connectivity index (χ1v) is 7.18. The highest BCUT2D eigenvalue weighted by Crippen LogP contribution is 2.21. The van der Waals surface area contributed by atoms with Gasteiger partial charge in [-0.15, -0.1) is 0 Å². The number of hydrogen-bond acceptors (Lipinski definition) is 4. The Hall–Kier alpha value is -0.430. The maximum absolute atomic E-state index is 5.62. The van der Waals surface area contributed by atoms with Gasteiger partial charge in [-0.3, -0.25) is 0 Å². The Morgan fingerprint density at radius 2 is 2.18 bits per heavy atom. The number of ether oxygens (including phenoxy) is 1. The summed E-state index contributed by atoms with van der Waals surface area (Å²) in [5.41, 5.74) is 0. The van der Waals surface area contributed by atoms with Gasteiger partial charge in [0.2, 0.25) is 0 Å². The zero-order chi connectivity index (χ0) is 12.7. The van der Waals surface area contributed by atoms with Crippen molar-refractivity contribution < 1.29 is 4.74 Å². The maximum atomic E-state index is 5.62. The Kier molecular flexibility index (Phi) is 6.72. The predicted octanol–water partition coefficient (Wildman–Crippen LogP) is 3.39. The number of nitrogens with one attached hydrogen (secondary N) is 1. The molecule has 1 N–H and O–H groups in total. The van der Waals surface area contributed by atoms with Gasteiger partial charge < -0.3 is 10.1 Å². The molecule has 1 rings (SSSR count). The van der Waals surface area contributed by atoms with E-state index in [0.717, 1.165) is 34.6 Å². The van der Waals surface area contributed by atoms with Crippen LogP contribution < -0.4 is 5.32 Å². The van der Waals surface area contributed by atoms with Crippen molar-refractivity contribution in [3.05, 3.63) is 15.6 Å². The molecule has 0 aliphatic rings. The lowest BCUT2D eigenvalue weighted by atomic mass is 10.2. The van der Waals surface area contributed by atoms with Gasteiger partial charge in [0.15, 0.2) is 5.82 Å². The quantitative estimate of drug-likeness (QED) is 0.767. The summed E-state index contributed by atoms with van der Waals surface area (Å²) in [7, 11) is 0. The van der Waals surface area contributed by atoms with Gasteiger partial charge in [0, 0.05) is 19.3 Å². The van der Waals surface area contributed by atoms with E-state index in [4.69, 9.17) is 4.74 Å². The highest BCUT2D eigenvalue weighted by molar-refractivity contribution is 14.1. The molecule has 0 saturated heterocycles. The summed E-state index contributed by atoms with van der Waals surface area (Å²) in [6, 6.07) is 0. The molecular formula is C12H20IN3O. The van der Waals surface area contributed by atoms with Crippen LogP contribution in [0.2, 0.25) is 0 Å². The minimum atomic E-state index is -0.000762. The van der Waals surface area contributed by atoms with Crippen molar-refractivity contribution in [1.82, 2.24) is 9.97 Å². The van der Waals surface area contributed by atoms with Crippen molar-refractivity contribution in [2.45, 2.75) is 39.7 Å². The summed E-state index contributed by atoms with van der Waals surface area (Å²) >= 11 is 2.25. The lowest BCUT2D eigenvalue weighted by molar-refractivity contribution is 0.0535. The van der Waals surface area contributed by atoms with Gasteiger partial charge in [-0.2, -0.15) is 0 Å². The molecule has 0 saturated carbocycles. The second-order valence-corrected chi connectivity index (χ2v) is 4.87. The third-order valence-corrected chi connectivity index (χ3v) is 3.12. The van der Waals surface area contributed by atoms with Gasteiger partial charge in [0.25, 0.3) is 0 Å². The molecule has 17 heavy (non-hydrogen) atoms. The Morgan fingerprint density at radius 1 is 1.41 bits per heavy atom. The molecule has 1 unspecified atom stereocenters. The number of rotatable bonds is 7. The van der Waals surface area contributed by atoms with Gasteiger partial charge >= 0.3 is 0 Å². The van der Waals surface area contributed by atoms with E-state index >= 15 is 0 Å².